The van der Waals surface area contributed by atoms with Crippen molar-refractivity contribution in [3.8, 4) is 0 Å². The molecule has 0 spiro atoms. The van der Waals surface area contributed by atoms with Crippen LogP contribution in [0.2, 0.25) is 0 Å². The second-order valence-corrected chi connectivity index (χ2v) is 4.12. The Labute approximate surface area is 97.9 Å². The Bertz CT molecular complexity index is 478. The Morgan fingerprint density at radius 2 is 2.29 bits per heavy atom. The molecule has 1 aliphatic rings. The summed E-state index contributed by atoms with van der Waals surface area (Å²) in [6.45, 7) is 2.16. The number of hydrogen-bond acceptors (Lipinski definition) is 4. The molecule has 1 fully saturated rings. The fourth-order valence-electron chi connectivity index (χ4n) is 1.57. The van der Waals surface area contributed by atoms with Crippen molar-refractivity contribution >= 4 is 18.0 Å². The maximum atomic E-state index is 10.8. The van der Waals surface area contributed by atoms with Crippen molar-refractivity contribution in [3.63, 3.8) is 0 Å². The molecule has 2 amide bonds. The van der Waals surface area contributed by atoms with E-state index in [1.54, 1.807) is 6.07 Å². The van der Waals surface area contributed by atoms with Crippen molar-refractivity contribution in [2.24, 2.45) is 16.8 Å². The zero-order chi connectivity index (χ0) is 12.4. The summed E-state index contributed by atoms with van der Waals surface area (Å²) in [7, 11) is 0. The summed E-state index contributed by atoms with van der Waals surface area (Å²) in [5.74, 6) is 0.597. The van der Waals surface area contributed by atoms with Crippen molar-refractivity contribution in [1.29, 1.82) is 0 Å². The zero-order valence-electron chi connectivity index (χ0n) is 9.34. The van der Waals surface area contributed by atoms with E-state index < -0.39 is 11.8 Å². The molecule has 6 heteroatoms. The van der Waals surface area contributed by atoms with E-state index in [2.05, 4.69) is 12.0 Å². The Kier molecular flexibility index (Phi) is 2.95. The van der Waals surface area contributed by atoms with E-state index in [0.29, 0.717) is 17.6 Å². The molecular weight excluding hydrogens is 222 g/mol. The van der Waals surface area contributed by atoms with Crippen LogP contribution in [0.5, 0.6) is 0 Å². The van der Waals surface area contributed by atoms with E-state index in [4.69, 9.17) is 10.2 Å². The standard InChI is InChI=1S/C11H13N3O3/c1-6-4-8(6)9-3-2-7(17-9)5-13-14-11(16)10(12)15/h2-3,5-6,8H,4H2,1H3,(H2,12,15)(H,14,16)/b13-5-/t6-,8+/m0/s1. The fourth-order valence-corrected chi connectivity index (χ4v) is 1.57. The van der Waals surface area contributed by atoms with Gasteiger partial charge in [-0.15, -0.1) is 0 Å². The number of amides is 2. The first-order valence-electron chi connectivity index (χ1n) is 5.30. The van der Waals surface area contributed by atoms with Gasteiger partial charge in [-0.25, -0.2) is 5.43 Å². The highest BCUT2D eigenvalue weighted by Crippen LogP contribution is 2.47. The van der Waals surface area contributed by atoms with Crippen LogP contribution >= 0.6 is 0 Å². The number of carbonyl (C=O) groups is 2. The highest BCUT2D eigenvalue weighted by molar-refractivity contribution is 6.34. The maximum absolute atomic E-state index is 10.8. The van der Waals surface area contributed by atoms with Crippen LogP contribution in [0.4, 0.5) is 0 Å². The van der Waals surface area contributed by atoms with Crippen LogP contribution < -0.4 is 11.2 Å². The van der Waals surface area contributed by atoms with E-state index in [0.717, 1.165) is 12.2 Å². The van der Waals surface area contributed by atoms with E-state index in [-0.39, 0.29) is 0 Å². The normalized spacial score (nSPS) is 22.6. The highest BCUT2D eigenvalue weighted by atomic mass is 16.3. The first-order valence-corrected chi connectivity index (χ1v) is 5.30. The van der Waals surface area contributed by atoms with Gasteiger partial charge in [0.25, 0.3) is 0 Å². The summed E-state index contributed by atoms with van der Waals surface area (Å²) in [6, 6.07) is 3.66. The molecule has 1 aromatic rings. The molecule has 2 atom stereocenters. The average Bonchev–Trinajstić information content (AvgIpc) is 2.83. The summed E-state index contributed by atoms with van der Waals surface area (Å²) in [5.41, 5.74) is 6.72. The first-order chi connectivity index (χ1) is 8.08. The Morgan fingerprint density at radius 1 is 1.59 bits per heavy atom. The molecular formula is C11H13N3O3. The Balaban J connectivity index is 1.90. The van der Waals surface area contributed by atoms with Crippen molar-refractivity contribution < 1.29 is 14.0 Å². The molecule has 0 unspecified atom stereocenters. The minimum absolute atomic E-state index is 0.498. The Morgan fingerprint density at radius 3 is 2.88 bits per heavy atom. The largest absolute Gasteiger partial charge is 0.460 e. The third kappa shape index (κ3) is 2.72. The third-order valence-electron chi connectivity index (χ3n) is 2.70. The number of carbonyl (C=O) groups excluding carboxylic acids is 2. The van der Waals surface area contributed by atoms with Crippen LogP contribution in [0.15, 0.2) is 21.7 Å². The summed E-state index contributed by atoms with van der Waals surface area (Å²) < 4.78 is 5.50. The Hall–Kier alpha value is -2.11. The molecule has 1 saturated carbocycles. The maximum Gasteiger partial charge on any atom is 0.329 e. The van der Waals surface area contributed by atoms with E-state index in [1.165, 1.54) is 6.21 Å². The molecule has 6 nitrogen and oxygen atoms in total. The monoisotopic (exact) mass is 235 g/mol. The molecule has 17 heavy (non-hydrogen) atoms. The smallest absolute Gasteiger partial charge is 0.329 e. The number of nitrogens with zero attached hydrogens (tertiary/aromatic N) is 1. The number of hydrogen-bond donors (Lipinski definition) is 2. The summed E-state index contributed by atoms with van der Waals surface area (Å²) in [4.78, 5) is 21.2. The lowest BCUT2D eigenvalue weighted by molar-refractivity contribution is -0.137. The van der Waals surface area contributed by atoms with Gasteiger partial charge in [-0.3, -0.25) is 9.59 Å². The van der Waals surface area contributed by atoms with Gasteiger partial charge in [-0.05, 0) is 24.5 Å². The van der Waals surface area contributed by atoms with Crippen molar-refractivity contribution in [2.45, 2.75) is 19.3 Å². The van der Waals surface area contributed by atoms with Gasteiger partial charge in [0.05, 0.1) is 6.21 Å². The predicted molar refractivity (Wildman–Crippen MR) is 60.2 cm³/mol. The molecule has 0 radical (unpaired) electrons. The van der Waals surface area contributed by atoms with Gasteiger partial charge in [0.2, 0.25) is 0 Å². The van der Waals surface area contributed by atoms with Crippen LogP contribution in [0.1, 0.15) is 30.8 Å². The number of rotatable bonds is 3. The van der Waals surface area contributed by atoms with Crippen LogP contribution in [-0.4, -0.2) is 18.0 Å². The second kappa shape index (κ2) is 4.40. The van der Waals surface area contributed by atoms with Crippen LogP contribution in [0.3, 0.4) is 0 Å². The van der Waals surface area contributed by atoms with Crippen LogP contribution in [0, 0.1) is 5.92 Å². The number of nitrogens with one attached hydrogen (secondary N) is 1. The van der Waals surface area contributed by atoms with Gasteiger partial charge in [0.1, 0.15) is 11.5 Å². The average molecular weight is 235 g/mol. The van der Waals surface area contributed by atoms with Crippen molar-refractivity contribution in [3.05, 3.63) is 23.7 Å². The molecule has 1 aliphatic carbocycles. The minimum Gasteiger partial charge on any atom is -0.460 e. The fraction of sp³-hybridized carbons (Fsp3) is 0.364. The lowest BCUT2D eigenvalue weighted by atomic mass is 10.3. The van der Waals surface area contributed by atoms with Gasteiger partial charge in [0.15, 0.2) is 0 Å². The first kappa shape index (κ1) is 11.4. The van der Waals surface area contributed by atoms with Gasteiger partial charge < -0.3 is 10.2 Å². The molecule has 0 aromatic carbocycles. The zero-order valence-corrected chi connectivity index (χ0v) is 9.34. The lowest BCUT2D eigenvalue weighted by Crippen LogP contribution is -2.32. The van der Waals surface area contributed by atoms with E-state index in [1.807, 2.05) is 11.5 Å². The highest BCUT2D eigenvalue weighted by Gasteiger charge is 2.36. The predicted octanol–water partition coefficient (Wildman–Crippen LogP) is 0.338. The van der Waals surface area contributed by atoms with Crippen molar-refractivity contribution in [1.82, 2.24) is 5.43 Å². The van der Waals surface area contributed by atoms with Gasteiger partial charge in [0, 0.05) is 5.92 Å². The summed E-state index contributed by atoms with van der Waals surface area (Å²) >= 11 is 0. The van der Waals surface area contributed by atoms with Gasteiger partial charge >= 0.3 is 11.8 Å². The summed E-state index contributed by atoms with van der Waals surface area (Å²) in [5, 5.41) is 3.56. The molecule has 1 heterocycles. The van der Waals surface area contributed by atoms with E-state index in [9.17, 15) is 9.59 Å². The van der Waals surface area contributed by atoms with E-state index >= 15 is 0 Å². The minimum atomic E-state index is -1.07. The number of primary amides is 1. The number of hydrazone groups is 1. The van der Waals surface area contributed by atoms with Crippen LogP contribution in [-0.2, 0) is 9.59 Å². The lowest BCUT2D eigenvalue weighted by Gasteiger charge is -1.92. The molecule has 1 aromatic heterocycles. The topological polar surface area (TPSA) is 97.7 Å². The number of nitrogens with two attached hydrogens (primary N) is 1. The SMILES string of the molecule is C[C@H]1C[C@H]1c1ccc(/C=N\NC(=O)C(N)=O)o1. The molecule has 90 valence electrons. The van der Waals surface area contributed by atoms with Crippen molar-refractivity contribution in [2.75, 3.05) is 0 Å². The third-order valence-corrected chi connectivity index (χ3v) is 2.70. The van der Waals surface area contributed by atoms with Crippen LogP contribution in [0.25, 0.3) is 0 Å². The van der Waals surface area contributed by atoms with Gasteiger partial charge in [-0.2, -0.15) is 5.10 Å². The molecule has 0 bridgehead atoms. The molecule has 3 N–H and O–H groups in total. The second-order valence-electron chi connectivity index (χ2n) is 4.12. The van der Waals surface area contributed by atoms with Gasteiger partial charge in [-0.1, -0.05) is 6.92 Å². The molecule has 2 rings (SSSR count). The molecule has 0 aliphatic heterocycles. The molecule has 0 saturated heterocycles. The quantitative estimate of drug-likeness (QED) is 0.449. The number of furan rings is 1. The summed E-state index contributed by atoms with van der Waals surface area (Å²) in [6.07, 6.45) is 2.47.